The van der Waals surface area contributed by atoms with Crippen LogP contribution in [0.3, 0.4) is 0 Å². The highest BCUT2D eigenvalue weighted by molar-refractivity contribution is 5.71. The van der Waals surface area contributed by atoms with Gasteiger partial charge in [-0.25, -0.2) is 4.98 Å². The van der Waals surface area contributed by atoms with Crippen molar-refractivity contribution >= 4 is 17.7 Å². The molecule has 1 N–H and O–H groups in total. The van der Waals surface area contributed by atoms with Crippen LogP contribution in [0.1, 0.15) is 29.8 Å². The molecule has 0 saturated carbocycles. The normalized spacial score (nSPS) is 14.0. The van der Waals surface area contributed by atoms with E-state index in [-0.39, 0.29) is 0 Å². The van der Waals surface area contributed by atoms with Gasteiger partial charge in [-0.05, 0) is 82.1 Å². The number of aryl methyl sites for hydroxylation is 3. The van der Waals surface area contributed by atoms with Crippen LogP contribution in [0.25, 0.3) is 5.65 Å². The molecule has 7 nitrogen and oxygen atoms in total. The second-order valence-corrected chi connectivity index (χ2v) is 8.03. The van der Waals surface area contributed by atoms with Crippen LogP contribution >= 0.6 is 0 Å². The summed E-state index contributed by atoms with van der Waals surface area (Å²) in [5.74, 6) is 0.841. The van der Waals surface area contributed by atoms with Crippen molar-refractivity contribution < 1.29 is 14.3 Å². The Morgan fingerprint density at radius 1 is 1.09 bits per heavy atom. The van der Waals surface area contributed by atoms with E-state index in [1.54, 1.807) is 0 Å². The minimum atomic E-state index is 0.668. The standard InChI is InChI=1S/C15H22N2O3.C10H12N2/c18-13-16-14-3-5-15(6-4-14)20-10-2-1-7-17-8-11-19-12-9-17;1-7-4-5-12-9(3)6-8(2)11-10(7)12/h3-6,13H,1-2,7-12H2,(H,16,18);4-6H,1-3H3. The summed E-state index contributed by atoms with van der Waals surface area (Å²) in [6.07, 6.45) is 4.92. The third-order valence-electron chi connectivity index (χ3n) is 5.46. The Morgan fingerprint density at radius 3 is 2.56 bits per heavy atom. The van der Waals surface area contributed by atoms with Crippen LogP contribution < -0.4 is 10.1 Å². The number of benzene rings is 1. The number of hydrogen-bond donors (Lipinski definition) is 1. The number of carbonyl (C=O) groups excluding carboxylic acids is 1. The van der Waals surface area contributed by atoms with Gasteiger partial charge in [-0.1, -0.05) is 0 Å². The van der Waals surface area contributed by atoms with Crippen molar-refractivity contribution in [2.75, 3.05) is 44.8 Å². The highest BCUT2D eigenvalue weighted by Gasteiger charge is 2.09. The van der Waals surface area contributed by atoms with Gasteiger partial charge in [0.2, 0.25) is 6.41 Å². The molecular formula is C25H34N4O3. The molecular weight excluding hydrogens is 404 g/mol. The number of hydrogen-bond acceptors (Lipinski definition) is 5. The number of amides is 1. The highest BCUT2D eigenvalue weighted by Crippen LogP contribution is 2.15. The first-order chi connectivity index (χ1) is 15.6. The molecule has 0 bridgehead atoms. The van der Waals surface area contributed by atoms with E-state index in [0.29, 0.717) is 6.41 Å². The number of carbonyl (C=O) groups is 1. The summed E-state index contributed by atoms with van der Waals surface area (Å²) >= 11 is 0. The maximum Gasteiger partial charge on any atom is 0.211 e. The Balaban J connectivity index is 0.000000204. The summed E-state index contributed by atoms with van der Waals surface area (Å²) in [7, 11) is 0. The van der Waals surface area contributed by atoms with Crippen molar-refractivity contribution in [3.8, 4) is 5.75 Å². The number of unbranched alkanes of at least 4 members (excludes halogenated alkanes) is 1. The maximum atomic E-state index is 10.3. The molecule has 172 valence electrons. The van der Waals surface area contributed by atoms with E-state index < -0.39 is 0 Å². The van der Waals surface area contributed by atoms with Crippen molar-refractivity contribution in [3.63, 3.8) is 0 Å². The Hall–Kier alpha value is -2.90. The van der Waals surface area contributed by atoms with Gasteiger partial charge in [0.05, 0.1) is 19.8 Å². The van der Waals surface area contributed by atoms with Crippen molar-refractivity contribution in [3.05, 3.63) is 59.5 Å². The SMILES string of the molecule is Cc1cc(C)n2ccc(C)c2n1.O=CNc1ccc(OCCCCN2CCOCC2)cc1. The van der Waals surface area contributed by atoms with Crippen LogP contribution in [0.5, 0.6) is 5.75 Å². The second kappa shape index (κ2) is 12.2. The number of morpholine rings is 1. The average molecular weight is 439 g/mol. The van der Waals surface area contributed by atoms with E-state index in [4.69, 9.17) is 9.47 Å². The Kier molecular flexibility index (Phi) is 9.07. The lowest BCUT2D eigenvalue weighted by molar-refractivity contribution is -0.105. The number of rotatable bonds is 8. The van der Waals surface area contributed by atoms with Gasteiger partial charge in [0.15, 0.2) is 0 Å². The van der Waals surface area contributed by atoms with Gasteiger partial charge in [-0.2, -0.15) is 0 Å². The van der Waals surface area contributed by atoms with E-state index in [2.05, 4.69) is 51.8 Å². The van der Waals surface area contributed by atoms with Gasteiger partial charge >= 0.3 is 0 Å². The van der Waals surface area contributed by atoms with Gasteiger partial charge in [-0.3, -0.25) is 9.69 Å². The van der Waals surface area contributed by atoms with Crippen LogP contribution in [0, 0.1) is 20.8 Å². The Bertz CT molecular complexity index is 979. The van der Waals surface area contributed by atoms with Crippen LogP contribution in [0.4, 0.5) is 5.69 Å². The molecule has 0 aliphatic carbocycles. The summed E-state index contributed by atoms with van der Waals surface area (Å²) in [6, 6.07) is 11.6. The largest absolute Gasteiger partial charge is 0.494 e. The van der Waals surface area contributed by atoms with Crippen molar-refractivity contribution in [1.29, 1.82) is 0 Å². The van der Waals surface area contributed by atoms with E-state index in [1.807, 2.05) is 31.2 Å². The smallest absolute Gasteiger partial charge is 0.211 e. The lowest BCUT2D eigenvalue weighted by Crippen LogP contribution is -2.36. The fourth-order valence-corrected chi connectivity index (χ4v) is 3.69. The number of ether oxygens (including phenoxy) is 2. The van der Waals surface area contributed by atoms with Crippen molar-refractivity contribution in [2.45, 2.75) is 33.6 Å². The molecule has 0 spiro atoms. The van der Waals surface area contributed by atoms with E-state index in [1.165, 1.54) is 11.3 Å². The summed E-state index contributed by atoms with van der Waals surface area (Å²) < 4.78 is 13.1. The predicted molar refractivity (Wildman–Crippen MR) is 128 cm³/mol. The molecule has 32 heavy (non-hydrogen) atoms. The van der Waals surface area contributed by atoms with E-state index in [0.717, 1.165) is 75.1 Å². The second-order valence-electron chi connectivity index (χ2n) is 8.03. The van der Waals surface area contributed by atoms with Crippen LogP contribution in [0.15, 0.2) is 42.6 Å². The van der Waals surface area contributed by atoms with Gasteiger partial charge in [-0.15, -0.1) is 0 Å². The summed E-state index contributed by atoms with van der Waals surface area (Å²) in [5, 5.41) is 2.60. The van der Waals surface area contributed by atoms with Crippen LogP contribution in [0.2, 0.25) is 0 Å². The van der Waals surface area contributed by atoms with Gasteiger partial charge in [0.25, 0.3) is 0 Å². The third kappa shape index (κ3) is 7.07. The summed E-state index contributed by atoms with van der Waals surface area (Å²) in [6.45, 7) is 11.9. The number of nitrogens with zero attached hydrogens (tertiary/aromatic N) is 3. The Morgan fingerprint density at radius 2 is 1.84 bits per heavy atom. The molecule has 3 heterocycles. The lowest BCUT2D eigenvalue weighted by atomic mass is 10.3. The van der Waals surface area contributed by atoms with Crippen molar-refractivity contribution in [1.82, 2.24) is 14.3 Å². The molecule has 4 rings (SSSR count). The minimum Gasteiger partial charge on any atom is -0.494 e. The van der Waals surface area contributed by atoms with E-state index in [9.17, 15) is 4.79 Å². The fraction of sp³-hybridized carbons (Fsp3) is 0.440. The molecule has 1 aliphatic heterocycles. The highest BCUT2D eigenvalue weighted by atomic mass is 16.5. The zero-order valence-electron chi connectivity index (χ0n) is 19.3. The number of anilines is 1. The molecule has 0 unspecified atom stereocenters. The first-order valence-corrected chi connectivity index (χ1v) is 11.2. The van der Waals surface area contributed by atoms with Gasteiger partial charge in [0.1, 0.15) is 11.4 Å². The number of fused-ring (bicyclic) bond motifs is 1. The van der Waals surface area contributed by atoms with Gasteiger partial charge in [0, 0.05) is 36.4 Å². The lowest BCUT2D eigenvalue weighted by Gasteiger charge is -2.26. The fourth-order valence-electron chi connectivity index (χ4n) is 3.69. The average Bonchev–Trinajstić information content (AvgIpc) is 3.17. The van der Waals surface area contributed by atoms with E-state index >= 15 is 0 Å². The molecule has 1 fully saturated rings. The zero-order valence-corrected chi connectivity index (χ0v) is 19.3. The molecule has 1 aromatic carbocycles. The third-order valence-corrected chi connectivity index (χ3v) is 5.46. The Labute approximate surface area is 190 Å². The minimum absolute atomic E-state index is 0.668. The number of aromatic nitrogens is 2. The van der Waals surface area contributed by atoms with Gasteiger partial charge < -0.3 is 19.2 Å². The summed E-state index contributed by atoms with van der Waals surface area (Å²) in [5.41, 5.74) is 5.42. The quantitative estimate of drug-likeness (QED) is 0.425. The molecule has 3 aromatic rings. The predicted octanol–water partition coefficient (Wildman–Crippen LogP) is 4.01. The first kappa shape index (κ1) is 23.8. The monoisotopic (exact) mass is 438 g/mol. The maximum absolute atomic E-state index is 10.3. The van der Waals surface area contributed by atoms with Crippen molar-refractivity contribution in [2.24, 2.45) is 0 Å². The van der Waals surface area contributed by atoms with Crippen LogP contribution in [-0.4, -0.2) is 60.1 Å². The molecule has 0 radical (unpaired) electrons. The molecule has 1 aliphatic rings. The molecule has 1 saturated heterocycles. The molecule has 0 atom stereocenters. The topological polar surface area (TPSA) is 68.1 Å². The first-order valence-electron chi connectivity index (χ1n) is 11.2. The van der Waals surface area contributed by atoms with Crippen LogP contribution in [-0.2, 0) is 9.53 Å². The molecule has 1 amide bonds. The molecule has 7 heteroatoms. The molecule has 2 aromatic heterocycles. The zero-order chi connectivity index (χ0) is 22.8. The number of nitrogens with one attached hydrogen (secondary N) is 1. The summed E-state index contributed by atoms with van der Waals surface area (Å²) in [4.78, 5) is 17.2.